The van der Waals surface area contributed by atoms with Crippen molar-refractivity contribution in [2.24, 2.45) is 5.16 Å². The molecule has 0 spiro atoms. The van der Waals surface area contributed by atoms with E-state index in [1.54, 1.807) is 36.4 Å². The highest BCUT2D eigenvalue weighted by molar-refractivity contribution is 6.30. The summed E-state index contributed by atoms with van der Waals surface area (Å²) in [5.74, 6) is -1.47. The third-order valence-corrected chi connectivity index (χ3v) is 3.49. The first-order valence-electron chi connectivity index (χ1n) is 6.89. The summed E-state index contributed by atoms with van der Waals surface area (Å²) in [5.41, 5.74) is 2.01. The Balaban J connectivity index is 2.31. The molecular formula is C17H15ClFNO3. The van der Waals surface area contributed by atoms with E-state index in [-0.39, 0.29) is 24.1 Å². The van der Waals surface area contributed by atoms with Crippen molar-refractivity contribution in [3.8, 4) is 11.1 Å². The van der Waals surface area contributed by atoms with Crippen LogP contribution >= 0.6 is 11.6 Å². The zero-order valence-electron chi connectivity index (χ0n) is 12.4. The van der Waals surface area contributed by atoms with Crippen LogP contribution in [0.1, 0.15) is 18.4 Å². The van der Waals surface area contributed by atoms with Gasteiger partial charge >= 0.3 is 5.97 Å². The number of aliphatic carboxylic acids is 1. The SMILES string of the molecule is CO/N=C(\CCC(=O)O)c1ccc(-c2ccc(Cl)cc2)cc1F. The fraction of sp³-hybridized carbons (Fsp3) is 0.176. The Labute approximate surface area is 138 Å². The lowest BCUT2D eigenvalue weighted by atomic mass is 9.99. The maximum Gasteiger partial charge on any atom is 0.303 e. The normalized spacial score (nSPS) is 11.3. The van der Waals surface area contributed by atoms with E-state index in [0.29, 0.717) is 10.6 Å². The molecule has 0 aliphatic carbocycles. The molecule has 0 radical (unpaired) electrons. The minimum absolute atomic E-state index is 0.0837. The number of carboxylic acid groups (broad SMARTS) is 1. The van der Waals surface area contributed by atoms with Crippen LogP contribution in [-0.4, -0.2) is 23.9 Å². The number of hydrogen-bond donors (Lipinski definition) is 1. The largest absolute Gasteiger partial charge is 0.481 e. The molecule has 0 saturated heterocycles. The Morgan fingerprint density at radius 1 is 1.17 bits per heavy atom. The monoisotopic (exact) mass is 335 g/mol. The summed E-state index contributed by atoms with van der Waals surface area (Å²) in [6.45, 7) is 0. The number of halogens is 2. The first-order chi connectivity index (χ1) is 11.0. The van der Waals surface area contributed by atoms with Crippen molar-refractivity contribution in [2.45, 2.75) is 12.8 Å². The highest BCUT2D eigenvalue weighted by Crippen LogP contribution is 2.24. The molecule has 0 heterocycles. The lowest BCUT2D eigenvalue weighted by Gasteiger charge is -2.08. The van der Waals surface area contributed by atoms with Crippen molar-refractivity contribution < 1.29 is 19.1 Å². The second-order valence-corrected chi connectivity index (χ2v) is 5.25. The Kier molecular flexibility index (Phi) is 5.71. The van der Waals surface area contributed by atoms with Gasteiger partial charge in [-0.2, -0.15) is 0 Å². The van der Waals surface area contributed by atoms with Crippen molar-refractivity contribution in [1.82, 2.24) is 0 Å². The molecule has 0 atom stereocenters. The molecule has 2 rings (SSSR count). The molecule has 0 unspecified atom stereocenters. The van der Waals surface area contributed by atoms with E-state index in [1.807, 2.05) is 0 Å². The van der Waals surface area contributed by atoms with E-state index in [9.17, 15) is 9.18 Å². The predicted molar refractivity (Wildman–Crippen MR) is 87.3 cm³/mol. The zero-order valence-corrected chi connectivity index (χ0v) is 13.2. The van der Waals surface area contributed by atoms with Crippen LogP contribution in [0.3, 0.4) is 0 Å². The molecule has 0 aromatic heterocycles. The molecule has 2 aromatic carbocycles. The Hall–Kier alpha value is -2.40. The predicted octanol–water partition coefficient (Wildman–Crippen LogP) is 4.36. The average molecular weight is 336 g/mol. The maximum absolute atomic E-state index is 14.4. The summed E-state index contributed by atoms with van der Waals surface area (Å²) in [5, 5.41) is 13.1. The van der Waals surface area contributed by atoms with E-state index in [2.05, 4.69) is 9.99 Å². The summed E-state index contributed by atoms with van der Waals surface area (Å²) in [7, 11) is 1.33. The number of rotatable bonds is 6. The van der Waals surface area contributed by atoms with Gasteiger partial charge in [0, 0.05) is 17.0 Å². The molecule has 6 heteroatoms. The molecule has 120 valence electrons. The van der Waals surface area contributed by atoms with E-state index >= 15 is 0 Å². The second kappa shape index (κ2) is 7.74. The third-order valence-electron chi connectivity index (χ3n) is 3.23. The van der Waals surface area contributed by atoms with Gasteiger partial charge in [0.25, 0.3) is 0 Å². The van der Waals surface area contributed by atoms with Crippen molar-refractivity contribution in [2.75, 3.05) is 7.11 Å². The topological polar surface area (TPSA) is 58.9 Å². The molecular weight excluding hydrogens is 321 g/mol. The summed E-state index contributed by atoms with van der Waals surface area (Å²) in [4.78, 5) is 15.4. The summed E-state index contributed by atoms with van der Waals surface area (Å²) in [6, 6.07) is 11.7. The smallest absolute Gasteiger partial charge is 0.303 e. The summed E-state index contributed by atoms with van der Waals surface area (Å²) < 4.78 is 14.4. The Bertz CT molecular complexity index is 729. The molecule has 0 saturated carbocycles. The van der Waals surface area contributed by atoms with Crippen LogP contribution in [0.5, 0.6) is 0 Å². The molecule has 0 bridgehead atoms. The fourth-order valence-electron chi connectivity index (χ4n) is 2.14. The summed E-state index contributed by atoms with van der Waals surface area (Å²) in [6.07, 6.45) is -0.0685. The first-order valence-corrected chi connectivity index (χ1v) is 7.26. The van der Waals surface area contributed by atoms with Crippen molar-refractivity contribution in [3.63, 3.8) is 0 Å². The minimum Gasteiger partial charge on any atom is -0.481 e. The average Bonchev–Trinajstić information content (AvgIpc) is 2.52. The first kappa shape index (κ1) is 17.0. The highest BCUT2D eigenvalue weighted by atomic mass is 35.5. The van der Waals surface area contributed by atoms with Gasteiger partial charge in [-0.3, -0.25) is 4.79 Å². The quantitative estimate of drug-likeness (QED) is 0.630. The Morgan fingerprint density at radius 3 is 2.39 bits per heavy atom. The molecule has 0 amide bonds. The molecule has 4 nitrogen and oxygen atoms in total. The van der Waals surface area contributed by atoms with Crippen LogP contribution in [0.4, 0.5) is 4.39 Å². The van der Waals surface area contributed by atoms with Gasteiger partial charge < -0.3 is 9.94 Å². The highest BCUT2D eigenvalue weighted by Gasteiger charge is 2.13. The molecule has 1 N–H and O–H groups in total. The van der Waals surface area contributed by atoms with Crippen LogP contribution in [0, 0.1) is 5.82 Å². The van der Waals surface area contributed by atoms with Gasteiger partial charge in [-0.1, -0.05) is 35.0 Å². The van der Waals surface area contributed by atoms with Crippen molar-refractivity contribution in [3.05, 3.63) is 58.9 Å². The van der Waals surface area contributed by atoms with Crippen molar-refractivity contribution >= 4 is 23.3 Å². The van der Waals surface area contributed by atoms with E-state index in [1.165, 1.54) is 13.2 Å². The minimum atomic E-state index is -0.980. The van der Waals surface area contributed by atoms with Gasteiger partial charge in [0.1, 0.15) is 12.9 Å². The lowest BCUT2D eigenvalue weighted by molar-refractivity contribution is -0.136. The van der Waals surface area contributed by atoms with Crippen molar-refractivity contribution in [1.29, 1.82) is 0 Å². The third kappa shape index (κ3) is 4.53. The number of oxime groups is 1. The van der Waals surface area contributed by atoms with E-state index in [4.69, 9.17) is 16.7 Å². The number of carboxylic acids is 1. The fourth-order valence-corrected chi connectivity index (χ4v) is 2.26. The number of hydrogen-bond acceptors (Lipinski definition) is 3. The number of benzene rings is 2. The van der Waals surface area contributed by atoms with Gasteiger partial charge in [-0.25, -0.2) is 4.39 Å². The van der Waals surface area contributed by atoms with Gasteiger partial charge in [0.2, 0.25) is 0 Å². The molecule has 0 fully saturated rings. The van der Waals surface area contributed by atoms with Gasteiger partial charge in [-0.15, -0.1) is 0 Å². The maximum atomic E-state index is 14.4. The zero-order chi connectivity index (χ0) is 16.8. The molecule has 2 aromatic rings. The van der Waals surface area contributed by atoms with Crippen LogP contribution in [0.2, 0.25) is 5.02 Å². The number of nitrogens with zero attached hydrogens (tertiary/aromatic N) is 1. The van der Waals surface area contributed by atoms with E-state index < -0.39 is 11.8 Å². The van der Waals surface area contributed by atoms with Gasteiger partial charge in [-0.05, 0) is 35.4 Å². The van der Waals surface area contributed by atoms with Crippen LogP contribution in [0.15, 0.2) is 47.6 Å². The van der Waals surface area contributed by atoms with Gasteiger partial charge in [0.15, 0.2) is 0 Å². The molecule has 0 aliphatic heterocycles. The summed E-state index contributed by atoms with van der Waals surface area (Å²) >= 11 is 5.84. The lowest BCUT2D eigenvalue weighted by Crippen LogP contribution is -2.08. The van der Waals surface area contributed by atoms with Crippen LogP contribution < -0.4 is 0 Å². The standard InChI is InChI=1S/C17H15ClFNO3/c1-23-20-16(8-9-17(21)22)14-7-4-12(10-15(14)19)11-2-5-13(18)6-3-11/h2-7,10H,8-9H2,1H3,(H,21,22)/b20-16+. The Morgan fingerprint density at radius 2 is 1.83 bits per heavy atom. The molecule has 23 heavy (non-hydrogen) atoms. The number of carbonyl (C=O) groups is 1. The van der Waals surface area contributed by atoms with Gasteiger partial charge in [0.05, 0.1) is 12.1 Å². The van der Waals surface area contributed by atoms with E-state index in [0.717, 1.165) is 5.56 Å². The second-order valence-electron chi connectivity index (χ2n) is 4.82. The molecule has 0 aliphatic rings. The van der Waals surface area contributed by atoms with Crippen LogP contribution in [0.25, 0.3) is 11.1 Å². The van der Waals surface area contributed by atoms with Crippen LogP contribution in [-0.2, 0) is 9.63 Å².